The molecule has 21 heavy (non-hydrogen) atoms. The van der Waals surface area contributed by atoms with Crippen LogP contribution in [0.4, 0.5) is 0 Å². The van der Waals surface area contributed by atoms with Gasteiger partial charge < -0.3 is 4.74 Å². The molecule has 1 fully saturated rings. The topological polar surface area (TPSA) is 49.9 Å². The van der Waals surface area contributed by atoms with Gasteiger partial charge in [0.25, 0.3) is 10.2 Å². The van der Waals surface area contributed by atoms with Gasteiger partial charge in [-0.15, -0.1) is 0 Å². The minimum Gasteiger partial charge on any atom is -0.494 e. The summed E-state index contributed by atoms with van der Waals surface area (Å²) in [5.74, 6) is 0.751. The number of piperidine rings is 1. The molecule has 0 aromatic heterocycles. The predicted molar refractivity (Wildman–Crippen MR) is 83.4 cm³/mol. The van der Waals surface area contributed by atoms with Crippen LogP contribution < -0.4 is 4.74 Å². The van der Waals surface area contributed by atoms with Gasteiger partial charge in [0.2, 0.25) is 0 Å². The van der Waals surface area contributed by atoms with Gasteiger partial charge in [0.1, 0.15) is 5.75 Å². The third-order valence-corrected chi connectivity index (χ3v) is 5.64. The van der Waals surface area contributed by atoms with Crippen LogP contribution in [0.3, 0.4) is 0 Å². The lowest BCUT2D eigenvalue weighted by Gasteiger charge is -2.30. The molecule has 6 heteroatoms. The molecule has 0 saturated carbocycles. The maximum atomic E-state index is 12.6. The Morgan fingerprint density at radius 3 is 2.52 bits per heavy atom. The number of benzene rings is 1. The lowest BCUT2D eigenvalue weighted by molar-refractivity contribution is 0.308. The van der Waals surface area contributed by atoms with E-state index < -0.39 is 10.2 Å². The van der Waals surface area contributed by atoms with Crippen LogP contribution in [-0.4, -0.2) is 43.8 Å². The quantitative estimate of drug-likeness (QED) is 0.809. The van der Waals surface area contributed by atoms with Crippen molar-refractivity contribution in [2.45, 2.75) is 32.7 Å². The van der Waals surface area contributed by atoms with E-state index in [0.717, 1.165) is 30.6 Å². The fraction of sp³-hybridized carbons (Fsp3) is 0.600. The number of ether oxygens (including phenoxy) is 1. The van der Waals surface area contributed by atoms with Crippen molar-refractivity contribution >= 4 is 10.2 Å². The molecule has 0 unspecified atom stereocenters. The van der Waals surface area contributed by atoms with Gasteiger partial charge in [0, 0.05) is 32.2 Å². The molecule has 1 heterocycles. The van der Waals surface area contributed by atoms with Gasteiger partial charge in [-0.25, -0.2) is 0 Å². The molecule has 118 valence electrons. The Kier molecular flexibility index (Phi) is 5.61. The number of hydrogen-bond donors (Lipinski definition) is 0. The Bertz CT molecular complexity index is 554. The summed E-state index contributed by atoms with van der Waals surface area (Å²) < 4.78 is 33.7. The number of para-hydroxylation sites is 1. The zero-order chi connectivity index (χ0) is 15.3. The first-order valence-corrected chi connectivity index (χ1v) is 8.87. The summed E-state index contributed by atoms with van der Waals surface area (Å²) in [5, 5.41) is 0. The van der Waals surface area contributed by atoms with Gasteiger partial charge in [-0.1, -0.05) is 24.6 Å². The molecule has 0 radical (unpaired) electrons. The maximum absolute atomic E-state index is 12.6. The number of hydrogen-bond acceptors (Lipinski definition) is 3. The van der Waals surface area contributed by atoms with E-state index in [2.05, 4.69) is 0 Å². The first kappa shape index (κ1) is 16.3. The molecule has 1 saturated heterocycles. The molecule has 1 aromatic carbocycles. The Morgan fingerprint density at radius 1 is 1.19 bits per heavy atom. The van der Waals surface area contributed by atoms with E-state index in [1.807, 2.05) is 31.2 Å². The Hall–Kier alpha value is -1.11. The van der Waals surface area contributed by atoms with Crippen LogP contribution in [0.25, 0.3) is 0 Å². The molecule has 0 aliphatic carbocycles. The van der Waals surface area contributed by atoms with Crippen LogP contribution in [0.5, 0.6) is 5.75 Å². The lowest BCUT2D eigenvalue weighted by Crippen LogP contribution is -2.44. The van der Waals surface area contributed by atoms with Crippen molar-refractivity contribution in [2.24, 2.45) is 0 Å². The zero-order valence-corrected chi connectivity index (χ0v) is 13.6. The summed E-state index contributed by atoms with van der Waals surface area (Å²) in [4.78, 5) is 0. The van der Waals surface area contributed by atoms with Crippen LogP contribution in [0.1, 0.15) is 31.7 Å². The van der Waals surface area contributed by atoms with Crippen molar-refractivity contribution in [2.75, 3.05) is 26.7 Å². The van der Waals surface area contributed by atoms with E-state index >= 15 is 0 Å². The molecule has 1 aliphatic rings. The highest BCUT2D eigenvalue weighted by Crippen LogP contribution is 2.22. The van der Waals surface area contributed by atoms with Crippen molar-refractivity contribution in [1.29, 1.82) is 0 Å². The minimum atomic E-state index is -3.38. The molecule has 0 N–H and O–H groups in total. The fourth-order valence-electron chi connectivity index (χ4n) is 2.54. The Labute approximate surface area is 127 Å². The van der Waals surface area contributed by atoms with Crippen molar-refractivity contribution in [1.82, 2.24) is 8.61 Å². The smallest absolute Gasteiger partial charge is 0.282 e. The van der Waals surface area contributed by atoms with Gasteiger partial charge in [0.05, 0.1) is 6.61 Å². The normalized spacial score (nSPS) is 17.1. The van der Waals surface area contributed by atoms with Crippen LogP contribution in [0, 0.1) is 0 Å². The third-order valence-electron chi connectivity index (χ3n) is 3.70. The summed E-state index contributed by atoms with van der Waals surface area (Å²) in [7, 11) is -1.75. The van der Waals surface area contributed by atoms with Crippen LogP contribution >= 0.6 is 0 Å². The van der Waals surface area contributed by atoms with E-state index in [9.17, 15) is 8.42 Å². The first-order chi connectivity index (χ1) is 10.1. The largest absolute Gasteiger partial charge is 0.494 e. The van der Waals surface area contributed by atoms with E-state index in [-0.39, 0.29) is 0 Å². The lowest BCUT2D eigenvalue weighted by atomic mass is 10.2. The standard InChI is InChI=1S/C15H24N2O3S/c1-3-20-15-10-6-5-9-14(15)13-16(2)21(18,19)17-11-7-4-8-12-17/h5-6,9-10H,3-4,7-8,11-13H2,1-2H3. The highest BCUT2D eigenvalue weighted by molar-refractivity contribution is 7.86. The monoisotopic (exact) mass is 312 g/mol. The second-order valence-corrected chi connectivity index (χ2v) is 7.30. The van der Waals surface area contributed by atoms with Crippen molar-refractivity contribution in [3.63, 3.8) is 0 Å². The molecule has 0 spiro atoms. The van der Waals surface area contributed by atoms with Gasteiger partial charge in [-0.2, -0.15) is 17.0 Å². The van der Waals surface area contributed by atoms with E-state index in [0.29, 0.717) is 26.2 Å². The van der Waals surface area contributed by atoms with Crippen LogP contribution in [0.2, 0.25) is 0 Å². The molecule has 2 rings (SSSR count). The summed E-state index contributed by atoms with van der Waals surface area (Å²) in [6.07, 6.45) is 3.01. The maximum Gasteiger partial charge on any atom is 0.282 e. The molecule has 1 aromatic rings. The van der Waals surface area contributed by atoms with Gasteiger partial charge in [0.15, 0.2) is 0 Å². The SMILES string of the molecule is CCOc1ccccc1CN(C)S(=O)(=O)N1CCCCC1. The average Bonchev–Trinajstić information content (AvgIpc) is 2.50. The summed E-state index contributed by atoms with van der Waals surface area (Å²) in [6.45, 7) is 4.07. The van der Waals surface area contributed by atoms with Crippen molar-refractivity contribution < 1.29 is 13.2 Å². The van der Waals surface area contributed by atoms with E-state index in [1.54, 1.807) is 11.4 Å². The minimum absolute atomic E-state index is 0.328. The van der Waals surface area contributed by atoms with E-state index in [1.165, 1.54) is 4.31 Å². The number of rotatable bonds is 6. The molecule has 0 amide bonds. The van der Waals surface area contributed by atoms with Gasteiger partial charge in [-0.3, -0.25) is 0 Å². The fourth-order valence-corrected chi connectivity index (χ4v) is 3.96. The Balaban J connectivity index is 2.11. The predicted octanol–water partition coefficient (Wildman–Crippen LogP) is 2.25. The molecule has 5 nitrogen and oxygen atoms in total. The molecule has 1 aliphatic heterocycles. The molecular weight excluding hydrogens is 288 g/mol. The van der Waals surface area contributed by atoms with E-state index in [4.69, 9.17) is 4.74 Å². The van der Waals surface area contributed by atoms with Crippen LogP contribution in [0.15, 0.2) is 24.3 Å². The van der Waals surface area contributed by atoms with Crippen molar-refractivity contribution in [3.05, 3.63) is 29.8 Å². The van der Waals surface area contributed by atoms with Gasteiger partial charge in [-0.05, 0) is 25.8 Å². The highest BCUT2D eigenvalue weighted by atomic mass is 32.2. The second kappa shape index (κ2) is 7.24. The van der Waals surface area contributed by atoms with Crippen molar-refractivity contribution in [3.8, 4) is 5.75 Å². The first-order valence-electron chi connectivity index (χ1n) is 7.48. The highest BCUT2D eigenvalue weighted by Gasteiger charge is 2.28. The zero-order valence-electron chi connectivity index (χ0n) is 12.8. The summed E-state index contributed by atoms with van der Waals surface area (Å²) >= 11 is 0. The average molecular weight is 312 g/mol. The molecule has 0 atom stereocenters. The second-order valence-electron chi connectivity index (χ2n) is 5.26. The van der Waals surface area contributed by atoms with Crippen LogP contribution in [-0.2, 0) is 16.8 Å². The summed E-state index contributed by atoms with van der Waals surface area (Å²) in [6, 6.07) is 7.58. The molecule has 0 bridgehead atoms. The number of nitrogens with zero attached hydrogens (tertiary/aromatic N) is 2. The van der Waals surface area contributed by atoms with Gasteiger partial charge >= 0.3 is 0 Å². The Morgan fingerprint density at radius 2 is 1.86 bits per heavy atom. The summed E-state index contributed by atoms with van der Waals surface area (Å²) in [5.41, 5.74) is 0.891. The third kappa shape index (κ3) is 3.96. The molecular formula is C15H24N2O3S.